The van der Waals surface area contributed by atoms with Gasteiger partial charge in [0.25, 0.3) is 0 Å². The maximum absolute atomic E-state index is 12.5. The van der Waals surface area contributed by atoms with Gasteiger partial charge in [0.05, 0.1) is 17.4 Å². The fourth-order valence-electron chi connectivity index (χ4n) is 2.69. The molecule has 2 aromatic carbocycles. The second-order valence-corrected chi connectivity index (χ2v) is 6.32. The molecule has 1 saturated carbocycles. The number of hydrogen-bond donors (Lipinski definition) is 2. The van der Waals surface area contributed by atoms with Crippen LogP contribution in [0, 0.1) is 18.8 Å². The molecule has 0 spiro atoms. The van der Waals surface area contributed by atoms with Crippen LogP contribution in [0.4, 0.5) is 24.5 Å². The number of carbonyl (C=O) groups is 2. The Morgan fingerprint density at radius 1 is 0.923 bits per heavy atom. The molecule has 1 aliphatic carbocycles. The molecule has 0 aromatic heterocycles. The van der Waals surface area contributed by atoms with E-state index in [1.165, 1.54) is 12.1 Å². The van der Waals surface area contributed by atoms with Gasteiger partial charge in [-0.15, -0.1) is 0 Å². The second-order valence-electron chi connectivity index (χ2n) is 6.32. The van der Waals surface area contributed by atoms with Gasteiger partial charge < -0.3 is 10.6 Å². The van der Waals surface area contributed by atoms with Gasteiger partial charge in [0.2, 0.25) is 11.8 Å². The molecule has 0 aliphatic heterocycles. The fraction of sp³-hybridized carbons (Fsp3) is 0.263. The first-order valence-electron chi connectivity index (χ1n) is 8.10. The van der Waals surface area contributed by atoms with Crippen molar-refractivity contribution in [1.82, 2.24) is 0 Å². The number of rotatable bonds is 4. The number of carbonyl (C=O) groups excluding carboxylic acids is 2. The molecule has 7 heteroatoms. The highest BCUT2D eigenvalue weighted by atomic mass is 19.4. The van der Waals surface area contributed by atoms with E-state index in [4.69, 9.17) is 0 Å². The first-order valence-corrected chi connectivity index (χ1v) is 8.10. The van der Waals surface area contributed by atoms with Crippen LogP contribution in [-0.4, -0.2) is 11.8 Å². The lowest BCUT2D eigenvalue weighted by Crippen LogP contribution is -2.21. The fourth-order valence-corrected chi connectivity index (χ4v) is 2.69. The summed E-state index contributed by atoms with van der Waals surface area (Å²) < 4.78 is 37.6. The van der Waals surface area contributed by atoms with E-state index in [-0.39, 0.29) is 17.5 Å². The van der Waals surface area contributed by atoms with Gasteiger partial charge in [0.1, 0.15) is 0 Å². The third kappa shape index (κ3) is 4.04. The monoisotopic (exact) mass is 362 g/mol. The Kier molecular flexibility index (Phi) is 4.71. The number of para-hydroxylation sites is 1. The van der Waals surface area contributed by atoms with Crippen LogP contribution in [0.1, 0.15) is 17.5 Å². The molecule has 2 aromatic rings. The lowest BCUT2D eigenvalue weighted by Gasteiger charge is -2.09. The minimum Gasteiger partial charge on any atom is -0.326 e. The van der Waals surface area contributed by atoms with Gasteiger partial charge in [0.15, 0.2) is 0 Å². The van der Waals surface area contributed by atoms with Crippen molar-refractivity contribution in [3.05, 3.63) is 59.7 Å². The van der Waals surface area contributed by atoms with E-state index in [2.05, 4.69) is 10.6 Å². The normalized spacial score (nSPS) is 18.9. The van der Waals surface area contributed by atoms with Crippen LogP contribution in [0.5, 0.6) is 0 Å². The predicted octanol–water partition coefficient (Wildman–Crippen LogP) is 4.23. The van der Waals surface area contributed by atoms with Gasteiger partial charge in [-0.1, -0.05) is 18.2 Å². The quantitative estimate of drug-likeness (QED) is 0.855. The summed E-state index contributed by atoms with van der Waals surface area (Å²) in [5.41, 5.74) is 1.11. The first-order chi connectivity index (χ1) is 12.3. The zero-order valence-electron chi connectivity index (χ0n) is 13.9. The van der Waals surface area contributed by atoms with Crippen molar-refractivity contribution in [3.63, 3.8) is 0 Å². The van der Waals surface area contributed by atoms with Crippen LogP contribution in [-0.2, 0) is 15.8 Å². The number of benzene rings is 2. The Bertz CT molecular complexity index is 831. The molecule has 0 radical (unpaired) electrons. The molecular weight excluding hydrogens is 345 g/mol. The Morgan fingerprint density at radius 3 is 2.08 bits per heavy atom. The third-order valence-electron chi connectivity index (χ3n) is 4.35. The highest BCUT2D eigenvalue weighted by Gasteiger charge is 2.48. The van der Waals surface area contributed by atoms with E-state index in [0.29, 0.717) is 12.1 Å². The van der Waals surface area contributed by atoms with Gasteiger partial charge in [-0.2, -0.15) is 13.2 Å². The summed E-state index contributed by atoms with van der Waals surface area (Å²) in [5, 5.41) is 5.36. The molecule has 2 N–H and O–H groups in total. The van der Waals surface area contributed by atoms with Crippen molar-refractivity contribution in [1.29, 1.82) is 0 Å². The molecule has 26 heavy (non-hydrogen) atoms. The molecule has 2 amide bonds. The first kappa shape index (κ1) is 18.0. The Balaban J connectivity index is 1.56. The van der Waals surface area contributed by atoms with E-state index in [0.717, 1.165) is 17.7 Å². The van der Waals surface area contributed by atoms with E-state index in [9.17, 15) is 22.8 Å². The Labute approximate surface area is 148 Å². The van der Waals surface area contributed by atoms with E-state index < -0.39 is 23.6 Å². The molecule has 2 unspecified atom stereocenters. The van der Waals surface area contributed by atoms with Gasteiger partial charge >= 0.3 is 6.18 Å². The lowest BCUT2D eigenvalue weighted by atomic mass is 10.2. The molecule has 0 heterocycles. The average Bonchev–Trinajstić information content (AvgIpc) is 3.37. The summed E-state index contributed by atoms with van der Waals surface area (Å²) in [4.78, 5) is 24.4. The van der Waals surface area contributed by atoms with E-state index in [1.54, 1.807) is 6.07 Å². The number of nitrogens with one attached hydrogen (secondary N) is 2. The summed E-state index contributed by atoms with van der Waals surface area (Å²) in [7, 11) is 0. The molecule has 0 bridgehead atoms. The minimum absolute atomic E-state index is 0.230. The zero-order valence-corrected chi connectivity index (χ0v) is 13.9. The predicted molar refractivity (Wildman–Crippen MR) is 91.5 cm³/mol. The summed E-state index contributed by atoms with van der Waals surface area (Å²) in [5.74, 6) is -1.49. The number of anilines is 2. The lowest BCUT2D eigenvalue weighted by molar-refractivity contribution is -0.137. The Morgan fingerprint density at radius 2 is 1.50 bits per heavy atom. The van der Waals surface area contributed by atoms with E-state index in [1.807, 2.05) is 25.1 Å². The standard InChI is InChI=1S/C19H17F3N2O2/c1-11-4-2-3-5-16(11)24-18(26)15-10-14(15)17(25)23-13-8-6-12(7-9-13)19(20,21)22/h2-9,14-15H,10H2,1H3,(H,23,25)(H,24,26). The molecule has 3 rings (SSSR count). The SMILES string of the molecule is Cc1ccccc1NC(=O)C1CC1C(=O)Nc1ccc(C(F)(F)F)cc1. The van der Waals surface area contributed by atoms with Crippen molar-refractivity contribution in [2.45, 2.75) is 19.5 Å². The summed E-state index contributed by atoms with van der Waals surface area (Å²) in [6.45, 7) is 1.87. The zero-order chi connectivity index (χ0) is 18.9. The smallest absolute Gasteiger partial charge is 0.326 e. The molecular formula is C19H17F3N2O2. The van der Waals surface area contributed by atoms with Crippen molar-refractivity contribution in [3.8, 4) is 0 Å². The van der Waals surface area contributed by atoms with Crippen LogP contribution in [0.25, 0.3) is 0 Å². The molecule has 136 valence electrons. The summed E-state index contributed by atoms with van der Waals surface area (Å²) in [6.07, 6.45) is -4.00. The van der Waals surface area contributed by atoms with Crippen molar-refractivity contribution < 1.29 is 22.8 Å². The molecule has 0 saturated heterocycles. The number of hydrogen-bond acceptors (Lipinski definition) is 2. The van der Waals surface area contributed by atoms with Gasteiger partial charge in [-0.3, -0.25) is 9.59 Å². The highest BCUT2D eigenvalue weighted by molar-refractivity contribution is 6.03. The number of alkyl halides is 3. The number of amides is 2. The van der Waals surface area contributed by atoms with Gasteiger partial charge in [-0.05, 0) is 49.2 Å². The largest absolute Gasteiger partial charge is 0.416 e. The molecule has 4 nitrogen and oxygen atoms in total. The topological polar surface area (TPSA) is 58.2 Å². The maximum Gasteiger partial charge on any atom is 0.416 e. The molecule has 2 atom stereocenters. The van der Waals surface area contributed by atoms with Gasteiger partial charge in [0, 0.05) is 11.4 Å². The molecule has 1 fully saturated rings. The second kappa shape index (κ2) is 6.82. The maximum atomic E-state index is 12.5. The average molecular weight is 362 g/mol. The van der Waals surface area contributed by atoms with Crippen LogP contribution in [0.15, 0.2) is 48.5 Å². The van der Waals surface area contributed by atoms with Crippen LogP contribution in [0.3, 0.4) is 0 Å². The third-order valence-corrected chi connectivity index (χ3v) is 4.35. The van der Waals surface area contributed by atoms with Crippen molar-refractivity contribution >= 4 is 23.2 Å². The number of aryl methyl sites for hydroxylation is 1. The summed E-state index contributed by atoms with van der Waals surface area (Å²) in [6, 6.07) is 11.5. The van der Waals surface area contributed by atoms with Crippen molar-refractivity contribution in [2.75, 3.05) is 10.6 Å². The minimum atomic E-state index is -4.42. The van der Waals surface area contributed by atoms with Crippen LogP contribution >= 0.6 is 0 Å². The molecule has 1 aliphatic rings. The highest BCUT2D eigenvalue weighted by Crippen LogP contribution is 2.40. The number of halogens is 3. The van der Waals surface area contributed by atoms with Crippen molar-refractivity contribution in [2.24, 2.45) is 11.8 Å². The Hall–Kier alpha value is -2.83. The van der Waals surface area contributed by atoms with Crippen LogP contribution < -0.4 is 10.6 Å². The van der Waals surface area contributed by atoms with Gasteiger partial charge in [-0.25, -0.2) is 0 Å². The van der Waals surface area contributed by atoms with E-state index >= 15 is 0 Å². The summed E-state index contributed by atoms with van der Waals surface area (Å²) >= 11 is 0. The van der Waals surface area contributed by atoms with Crippen LogP contribution in [0.2, 0.25) is 0 Å².